The van der Waals surface area contributed by atoms with Crippen molar-refractivity contribution in [2.75, 3.05) is 6.54 Å². The van der Waals surface area contributed by atoms with Crippen molar-refractivity contribution in [3.63, 3.8) is 0 Å². The first-order valence-electron chi connectivity index (χ1n) is 5.15. The summed E-state index contributed by atoms with van der Waals surface area (Å²) in [5.41, 5.74) is 5.56. The Morgan fingerprint density at radius 3 is 1.81 bits per heavy atom. The molecule has 16 heavy (non-hydrogen) atoms. The van der Waals surface area contributed by atoms with Gasteiger partial charge in [-0.25, -0.2) is 0 Å². The summed E-state index contributed by atoms with van der Waals surface area (Å²) in [6.07, 6.45) is -3.52. The summed E-state index contributed by atoms with van der Waals surface area (Å²) in [4.78, 5) is 0. The molecule has 1 rings (SSSR count). The van der Waals surface area contributed by atoms with Crippen LogP contribution in [0.15, 0.2) is 24.3 Å². The molecule has 1 aromatic rings. The SMILES string of the molecule is CC(C)(CCN)c1ccc(C(F)(F)F)cc1. The van der Waals surface area contributed by atoms with Gasteiger partial charge in [-0.05, 0) is 36.1 Å². The molecule has 90 valence electrons. The first-order chi connectivity index (χ1) is 7.27. The first-order valence-corrected chi connectivity index (χ1v) is 5.15. The van der Waals surface area contributed by atoms with Crippen LogP contribution >= 0.6 is 0 Å². The van der Waals surface area contributed by atoms with E-state index in [1.54, 1.807) is 0 Å². The lowest BCUT2D eigenvalue weighted by Crippen LogP contribution is -2.21. The minimum absolute atomic E-state index is 0.182. The number of hydrogen-bond donors (Lipinski definition) is 1. The van der Waals surface area contributed by atoms with E-state index in [4.69, 9.17) is 5.73 Å². The van der Waals surface area contributed by atoms with E-state index in [0.29, 0.717) is 6.54 Å². The molecule has 0 heterocycles. The normalized spacial score (nSPS) is 12.9. The zero-order valence-electron chi connectivity index (χ0n) is 9.43. The summed E-state index contributed by atoms with van der Waals surface area (Å²) >= 11 is 0. The molecule has 0 bridgehead atoms. The van der Waals surface area contributed by atoms with Crippen molar-refractivity contribution in [1.82, 2.24) is 0 Å². The third kappa shape index (κ3) is 2.98. The topological polar surface area (TPSA) is 26.0 Å². The van der Waals surface area contributed by atoms with Crippen LogP contribution < -0.4 is 5.73 Å². The smallest absolute Gasteiger partial charge is 0.330 e. The molecule has 0 fully saturated rings. The summed E-state index contributed by atoms with van der Waals surface area (Å²) in [5.74, 6) is 0. The van der Waals surface area contributed by atoms with Crippen LogP contribution in [0.25, 0.3) is 0 Å². The van der Waals surface area contributed by atoms with Gasteiger partial charge in [0.15, 0.2) is 0 Å². The Hall–Kier alpha value is -1.03. The lowest BCUT2D eigenvalue weighted by atomic mass is 9.81. The number of nitrogens with two attached hydrogens (primary N) is 1. The van der Waals surface area contributed by atoms with E-state index in [1.165, 1.54) is 12.1 Å². The van der Waals surface area contributed by atoms with Gasteiger partial charge < -0.3 is 5.73 Å². The van der Waals surface area contributed by atoms with Gasteiger partial charge >= 0.3 is 6.18 Å². The van der Waals surface area contributed by atoms with Crippen molar-refractivity contribution in [1.29, 1.82) is 0 Å². The van der Waals surface area contributed by atoms with E-state index in [-0.39, 0.29) is 5.41 Å². The van der Waals surface area contributed by atoms with Gasteiger partial charge in [-0.1, -0.05) is 26.0 Å². The Morgan fingerprint density at radius 1 is 1.00 bits per heavy atom. The Morgan fingerprint density at radius 2 is 1.44 bits per heavy atom. The van der Waals surface area contributed by atoms with Crippen LogP contribution in [0.4, 0.5) is 13.2 Å². The van der Waals surface area contributed by atoms with Gasteiger partial charge in [0.2, 0.25) is 0 Å². The lowest BCUT2D eigenvalue weighted by molar-refractivity contribution is -0.137. The van der Waals surface area contributed by atoms with E-state index in [0.717, 1.165) is 24.1 Å². The number of rotatable bonds is 3. The Labute approximate surface area is 93.5 Å². The summed E-state index contributed by atoms with van der Waals surface area (Å²) in [7, 11) is 0. The maximum absolute atomic E-state index is 12.3. The largest absolute Gasteiger partial charge is 0.416 e. The summed E-state index contributed by atoms with van der Waals surface area (Å²) in [5, 5.41) is 0. The maximum Gasteiger partial charge on any atom is 0.416 e. The third-order valence-electron chi connectivity index (χ3n) is 2.76. The molecule has 0 unspecified atom stereocenters. The second kappa shape index (κ2) is 4.45. The van der Waals surface area contributed by atoms with Crippen molar-refractivity contribution in [3.05, 3.63) is 35.4 Å². The zero-order chi connectivity index (χ0) is 12.4. The molecule has 0 aliphatic rings. The molecular weight excluding hydrogens is 215 g/mol. The molecule has 4 heteroatoms. The Kier molecular flexibility index (Phi) is 3.63. The van der Waals surface area contributed by atoms with Crippen LogP contribution in [-0.2, 0) is 11.6 Å². The molecule has 0 aromatic heterocycles. The van der Waals surface area contributed by atoms with Gasteiger partial charge in [-0.3, -0.25) is 0 Å². The predicted molar refractivity (Wildman–Crippen MR) is 58.1 cm³/mol. The number of alkyl halides is 3. The molecule has 0 saturated carbocycles. The van der Waals surface area contributed by atoms with Crippen LogP contribution in [0.2, 0.25) is 0 Å². The molecule has 1 aromatic carbocycles. The van der Waals surface area contributed by atoms with Gasteiger partial charge in [0, 0.05) is 0 Å². The van der Waals surface area contributed by atoms with Crippen molar-refractivity contribution in [3.8, 4) is 0 Å². The van der Waals surface area contributed by atoms with Crippen LogP contribution in [0.3, 0.4) is 0 Å². The van der Waals surface area contributed by atoms with Gasteiger partial charge in [-0.15, -0.1) is 0 Å². The average molecular weight is 231 g/mol. The first kappa shape index (κ1) is 13.0. The lowest BCUT2D eigenvalue weighted by Gasteiger charge is -2.24. The van der Waals surface area contributed by atoms with Gasteiger partial charge in [-0.2, -0.15) is 13.2 Å². The number of halogens is 3. The highest BCUT2D eigenvalue weighted by Crippen LogP contribution is 2.32. The van der Waals surface area contributed by atoms with Gasteiger partial charge in [0.25, 0.3) is 0 Å². The minimum atomic E-state index is -4.27. The predicted octanol–water partition coefficient (Wildman–Crippen LogP) is 3.33. The third-order valence-corrected chi connectivity index (χ3v) is 2.76. The Bertz CT molecular complexity index is 338. The quantitative estimate of drug-likeness (QED) is 0.848. The van der Waals surface area contributed by atoms with Gasteiger partial charge in [0.1, 0.15) is 0 Å². The average Bonchev–Trinajstić information content (AvgIpc) is 2.16. The monoisotopic (exact) mass is 231 g/mol. The highest BCUT2D eigenvalue weighted by Gasteiger charge is 2.30. The van der Waals surface area contributed by atoms with Gasteiger partial charge in [0.05, 0.1) is 5.56 Å². The summed E-state index contributed by atoms with van der Waals surface area (Å²) < 4.78 is 37.0. The fraction of sp³-hybridized carbons (Fsp3) is 0.500. The van der Waals surface area contributed by atoms with E-state index in [1.807, 2.05) is 13.8 Å². The Balaban J connectivity index is 2.95. The van der Waals surface area contributed by atoms with E-state index in [9.17, 15) is 13.2 Å². The van der Waals surface area contributed by atoms with Crippen molar-refractivity contribution in [2.24, 2.45) is 5.73 Å². The highest BCUT2D eigenvalue weighted by atomic mass is 19.4. The van der Waals surface area contributed by atoms with Crippen LogP contribution in [0.1, 0.15) is 31.4 Å². The maximum atomic E-state index is 12.3. The molecule has 0 atom stereocenters. The van der Waals surface area contributed by atoms with Crippen molar-refractivity contribution >= 4 is 0 Å². The van der Waals surface area contributed by atoms with E-state index in [2.05, 4.69) is 0 Å². The molecule has 0 aliphatic heterocycles. The number of hydrogen-bond acceptors (Lipinski definition) is 1. The molecule has 0 radical (unpaired) electrons. The summed E-state index contributed by atoms with van der Waals surface area (Å²) in [6, 6.07) is 5.29. The molecule has 1 nitrogen and oxygen atoms in total. The van der Waals surface area contributed by atoms with E-state index < -0.39 is 11.7 Å². The molecule has 0 saturated heterocycles. The molecular formula is C12H16F3N. The van der Waals surface area contributed by atoms with Crippen molar-refractivity contribution in [2.45, 2.75) is 31.9 Å². The standard InChI is InChI=1S/C12H16F3N/c1-11(2,7-8-16)9-3-5-10(6-4-9)12(13,14)15/h3-6H,7-8,16H2,1-2H3. The van der Waals surface area contributed by atoms with Crippen LogP contribution in [0, 0.1) is 0 Å². The molecule has 2 N–H and O–H groups in total. The second-order valence-electron chi connectivity index (χ2n) is 4.50. The van der Waals surface area contributed by atoms with E-state index >= 15 is 0 Å². The highest BCUT2D eigenvalue weighted by molar-refractivity contribution is 5.29. The van der Waals surface area contributed by atoms with Crippen molar-refractivity contribution < 1.29 is 13.2 Å². The fourth-order valence-electron chi connectivity index (χ4n) is 1.62. The molecule has 0 spiro atoms. The summed E-state index contributed by atoms with van der Waals surface area (Å²) in [6.45, 7) is 4.47. The number of benzene rings is 1. The fourth-order valence-corrected chi connectivity index (χ4v) is 1.62. The van der Waals surface area contributed by atoms with Crippen LogP contribution in [-0.4, -0.2) is 6.54 Å². The molecule has 0 amide bonds. The minimum Gasteiger partial charge on any atom is -0.330 e. The second-order valence-corrected chi connectivity index (χ2v) is 4.50. The molecule has 0 aliphatic carbocycles. The van der Waals surface area contributed by atoms with Crippen LogP contribution in [0.5, 0.6) is 0 Å². The zero-order valence-corrected chi connectivity index (χ0v) is 9.43.